The molecular weight excluding hydrogens is 381 g/mol. The fourth-order valence-electron chi connectivity index (χ4n) is 2.52. The number of aromatic nitrogens is 3. The molecule has 0 unspecified atom stereocenters. The van der Waals surface area contributed by atoms with E-state index in [1.165, 1.54) is 24.5 Å². The van der Waals surface area contributed by atoms with Gasteiger partial charge in [0.15, 0.2) is 5.69 Å². The largest absolute Gasteiger partial charge is 0.435 e. The summed E-state index contributed by atoms with van der Waals surface area (Å²) in [6.07, 6.45) is -0.576. The molecular formula is C18H14ClF3N4O. The first kappa shape index (κ1) is 18.9. The summed E-state index contributed by atoms with van der Waals surface area (Å²) < 4.78 is 41.3. The highest BCUT2D eigenvalue weighted by molar-refractivity contribution is 6.30. The minimum Gasteiger partial charge on any atom is -0.323 e. The molecule has 0 saturated heterocycles. The minimum atomic E-state index is -4.70. The number of rotatable bonds is 5. The summed E-state index contributed by atoms with van der Waals surface area (Å²) in [4.78, 5) is 15.9. The van der Waals surface area contributed by atoms with Crippen molar-refractivity contribution in [3.8, 4) is 5.69 Å². The van der Waals surface area contributed by atoms with Crippen molar-refractivity contribution in [3.05, 3.63) is 71.3 Å². The van der Waals surface area contributed by atoms with Crippen LogP contribution in [0.5, 0.6) is 0 Å². The molecule has 27 heavy (non-hydrogen) atoms. The van der Waals surface area contributed by atoms with Crippen molar-refractivity contribution >= 4 is 23.2 Å². The lowest BCUT2D eigenvalue weighted by Gasteiger charge is -2.13. The van der Waals surface area contributed by atoms with Crippen molar-refractivity contribution in [3.63, 3.8) is 0 Å². The molecule has 3 rings (SSSR count). The number of hydrogen-bond donors (Lipinski definition) is 1. The van der Waals surface area contributed by atoms with Gasteiger partial charge in [-0.1, -0.05) is 23.7 Å². The van der Waals surface area contributed by atoms with E-state index in [9.17, 15) is 18.0 Å². The van der Waals surface area contributed by atoms with Gasteiger partial charge in [0.05, 0.1) is 17.6 Å². The average Bonchev–Trinajstić information content (AvgIpc) is 3.06. The number of nitrogens with zero attached hydrogens (tertiary/aromatic N) is 3. The van der Waals surface area contributed by atoms with Crippen molar-refractivity contribution in [1.82, 2.24) is 14.8 Å². The van der Waals surface area contributed by atoms with Crippen LogP contribution in [0.4, 0.5) is 18.9 Å². The van der Waals surface area contributed by atoms with Crippen LogP contribution in [0.2, 0.25) is 5.02 Å². The molecule has 0 aliphatic heterocycles. The molecule has 1 N–H and O–H groups in total. The van der Waals surface area contributed by atoms with E-state index < -0.39 is 17.8 Å². The molecule has 2 aromatic heterocycles. The molecule has 0 radical (unpaired) electrons. The Kier molecular flexibility index (Phi) is 5.46. The number of benzene rings is 1. The zero-order valence-electron chi connectivity index (χ0n) is 13.9. The molecule has 1 aromatic carbocycles. The van der Waals surface area contributed by atoms with Crippen LogP contribution in [-0.2, 0) is 17.4 Å². The van der Waals surface area contributed by atoms with Crippen LogP contribution >= 0.6 is 11.6 Å². The number of pyridine rings is 1. The monoisotopic (exact) mass is 394 g/mol. The number of alkyl halides is 3. The molecule has 5 nitrogen and oxygen atoms in total. The normalized spacial score (nSPS) is 11.4. The highest BCUT2D eigenvalue weighted by Gasteiger charge is 2.39. The van der Waals surface area contributed by atoms with E-state index in [0.717, 1.165) is 16.4 Å². The Labute approximate surface area is 157 Å². The van der Waals surface area contributed by atoms with Crippen molar-refractivity contribution in [2.45, 2.75) is 19.0 Å². The summed E-state index contributed by atoms with van der Waals surface area (Å²) in [7, 11) is 0. The van der Waals surface area contributed by atoms with Crippen molar-refractivity contribution < 1.29 is 18.0 Å². The first-order valence-electron chi connectivity index (χ1n) is 7.94. The van der Waals surface area contributed by atoms with Gasteiger partial charge in [-0.05, 0) is 36.2 Å². The van der Waals surface area contributed by atoms with Crippen LogP contribution in [0.15, 0.2) is 55.0 Å². The van der Waals surface area contributed by atoms with Gasteiger partial charge in [0, 0.05) is 23.8 Å². The third-order valence-corrected chi connectivity index (χ3v) is 4.03. The van der Waals surface area contributed by atoms with Gasteiger partial charge in [-0.2, -0.15) is 18.3 Å². The predicted octanol–water partition coefficient (Wildman–Crippen LogP) is 4.51. The molecule has 0 saturated carbocycles. The predicted molar refractivity (Wildman–Crippen MR) is 94.8 cm³/mol. The standard InChI is InChI=1S/C18H14ClF3N4O/c19-13-4-1-12(2-5-13)3-6-16(27)25-15-11-24-26(17(15)18(20,21)22)14-7-9-23-10-8-14/h1-2,4-5,7-11H,3,6H2,(H,25,27). The lowest BCUT2D eigenvalue weighted by atomic mass is 10.1. The molecule has 9 heteroatoms. The van der Waals surface area contributed by atoms with Crippen molar-refractivity contribution in [2.75, 3.05) is 5.32 Å². The Morgan fingerprint density at radius 2 is 1.78 bits per heavy atom. The summed E-state index contributed by atoms with van der Waals surface area (Å²) in [5, 5.41) is 6.65. The molecule has 0 aliphatic carbocycles. The first-order valence-corrected chi connectivity index (χ1v) is 8.32. The molecule has 0 atom stereocenters. The van der Waals surface area contributed by atoms with E-state index >= 15 is 0 Å². The Bertz CT molecular complexity index is 924. The summed E-state index contributed by atoms with van der Waals surface area (Å²) >= 11 is 5.80. The van der Waals surface area contributed by atoms with E-state index in [4.69, 9.17) is 11.6 Å². The maximum Gasteiger partial charge on any atom is 0.435 e. The van der Waals surface area contributed by atoms with E-state index in [0.29, 0.717) is 11.4 Å². The number of amides is 1. The van der Waals surface area contributed by atoms with Crippen LogP contribution in [0.25, 0.3) is 5.69 Å². The van der Waals surface area contributed by atoms with E-state index in [2.05, 4.69) is 15.4 Å². The molecule has 140 valence electrons. The van der Waals surface area contributed by atoms with Gasteiger partial charge in [-0.15, -0.1) is 0 Å². The number of carbonyl (C=O) groups excluding carboxylic acids is 1. The van der Waals surface area contributed by atoms with Crippen LogP contribution in [0, 0.1) is 0 Å². The average molecular weight is 395 g/mol. The lowest BCUT2D eigenvalue weighted by Crippen LogP contribution is -2.19. The molecule has 0 spiro atoms. The van der Waals surface area contributed by atoms with Crippen LogP contribution in [-0.4, -0.2) is 20.7 Å². The molecule has 0 bridgehead atoms. The quantitative estimate of drug-likeness (QED) is 0.692. The van der Waals surface area contributed by atoms with Crippen LogP contribution in [0.3, 0.4) is 0 Å². The zero-order chi connectivity index (χ0) is 19.4. The fraction of sp³-hybridized carbons (Fsp3) is 0.167. The number of aryl methyl sites for hydroxylation is 1. The van der Waals surface area contributed by atoms with Crippen LogP contribution < -0.4 is 5.32 Å². The first-order chi connectivity index (χ1) is 12.8. The van der Waals surface area contributed by atoms with Gasteiger partial charge in [-0.3, -0.25) is 9.78 Å². The molecule has 0 aliphatic rings. The van der Waals surface area contributed by atoms with Crippen LogP contribution in [0.1, 0.15) is 17.7 Å². The fourth-order valence-corrected chi connectivity index (χ4v) is 2.64. The molecule has 1 amide bonds. The Morgan fingerprint density at radius 3 is 2.41 bits per heavy atom. The zero-order valence-corrected chi connectivity index (χ0v) is 14.6. The molecule has 2 heterocycles. The highest BCUT2D eigenvalue weighted by Crippen LogP contribution is 2.36. The second-order valence-electron chi connectivity index (χ2n) is 5.70. The van der Waals surface area contributed by atoms with Gasteiger partial charge in [0.2, 0.25) is 5.91 Å². The summed E-state index contributed by atoms with van der Waals surface area (Å²) in [5.41, 5.74) is -0.383. The van der Waals surface area contributed by atoms with Gasteiger partial charge < -0.3 is 5.32 Å². The minimum absolute atomic E-state index is 0.0271. The maximum atomic E-state index is 13.5. The van der Waals surface area contributed by atoms with Crippen molar-refractivity contribution in [2.24, 2.45) is 0 Å². The highest BCUT2D eigenvalue weighted by atomic mass is 35.5. The Morgan fingerprint density at radius 1 is 1.11 bits per heavy atom. The Balaban J connectivity index is 1.77. The van der Waals surface area contributed by atoms with E-state index in [1.54, 1.807) is 24.3 Å². The molecule has 0 fully saturated rings. The summed E-state index contributed by atoms with van der Waals surface area (Å²) in [6, 6.07) is 9.70. The van der Waals surface area contributed by atoms with Crippen molar-refractivity contribution in [1.29, 1.82) is 0 Å². The molecule has 3 aromatic rings. The van der Waals surface area contributed by atoms with E-state index in [-0.39, 0.29) is 17.8 Å². The summed E-state index contributed by atoms with van der Waals surface area (Å²) in [6.45, 7) is 0. The number of halogens is 4. The van der Waals surface area contributed by atoms with Gasteiger partial charge >= 0.3 is 6.18 Å². The summed E-state index contributed by atoms with van der Waals surface area (Å²) in [5.74, 6) is -0.537. The second-order valence-corrected chi connectivity index (χ2v) is 6.13. The van der Waals surface area contributed by atoms with Gasteiger partial charge in [0.25, 0.3) is 0 Å². The van der Waals surface area contributed by atoms with Gasteiger partial charge in [0.1, 0.15) is 0 Å². The third-order valence-electron chi connectivity index (χ3n) is 3.77. The third kappa shape index (κ3) is 4.65. The number of hydrogen-bond acceptors (Lipinski definition) is 3. The SMILES string of the molecule is O=C(CCc1ccc(Cl)cc1)Nc1cnn(-c2ccncc2)c1C(F)(F)F. The maximum absolute atomic E-state index is 13.5. The Hall–Kier alpha value is -2.87. The topological polar surface area (TPSA) is 59.8 Å². The van der Waals surface area contributed by atoms with E-state index in [1.807, 2.05) is 0 Å². The number of nitrogens with one attached hydrogen (secondary N) is 1. The second kappa shape index (κ2) is 7.79. The number of anilines is 1. The van der Waals surface area contributed by atoms with Gasteiger partial charge in [-0.25, -0.2) is 4.68 Å². The smallest absolute Gasteiger partial charge is 0.323 e. The lowest BCUT2D eigenvalue weighted by molar-refractivity contribution is -0.142. The number of carbonyl (C=O) groups is 1.